The van der Waals surface area contributed by atoms with E-state index in [0.717, 1.165) is 5.69 Å². The van der Waals surface area contributed by atoms with Crippen molar-refractivity contribution in [3.63, 3.8) is 0 Å². The molecule has 3 aromatic rings. The Labute approximate surface area is 186 Å². The highest BCUT2D eigenvalue weighted by Crippen LogP contribution is 2.12. The maximum absolute atomic E-state index is 12.7. The van der Waals surface area contributed by atoms with Crippen LogP contribution >= 0.6 is 0 Å². The number of amides is 3. The third-order valence-electron chi connectivity index (χ3n) is 5.08. The van der Waals surface area contributed by atoms with E-state index >= 15 is 0 Å². The Morgan fingerprint density at radius 2 is 1.75 bits per heavy atom. The van der Waals surface area contributed by atoms with Gasteiger partial charge in [-0.05, 0) is 42.3 Å². The Morgan fingerprint density at radius 1 is 1.03 bits per heavy atom. The first-order valence-corrected chi connectivity index (χ1v) is 10.4. The lowest BCUT2D eigenvalue weighted by molar-refractivity contribution is -0.126. The molecule has 32 heavy (non-hydrogen) atoms. The van der Waals surface area contributed by atoms with Gasteiger partial charge in [-0.15, -0.1) is 0 Å². The number of carbonyl (C=O) groups is 3. The summed E-state index contributed by atoms with van der Waals surface area (Å²) in [6.07, 6.45) is 3.71. The summed E-state index contributed by atoms with van der Waals surface area (Å²) in [5.74, 6) is -1.21. The minimum absolute atomic E-state index is 0.102. The van der Waals surface area contributed by atoms with Gasteiger partial charge in [-0.3, -0.25) is 14.4 Å². The van der Waals surface area contributed by atoms with Crippen LogP contribution < -0.4 is 16.0 Å². The van der Waals surface area contributed by atoms with Crippen LogP contribution in [0.2, 0.25) is 0 Å². The van der Waals surface area contributed by atoms with Crippen molar-refractivity contribution in [1.29, 1.82) is 0 Å². The Kier molecular flexibility index (Phi) is 7.69. The average molecular weight is 435 g/mol. The molecule has 2 unspecified atom stereocenters. The van der Waals surface area contributed by atoms with E-state index in [1.807, 2.05) is 19.9 Å². The summed E-state index contributed by atoms with van der Waals surface area (Å²) >= 11 is 0. The second kappa shape index (κ2) is 10.9. The topological polar surface area (TPSA) is 118 Å². The van der Waals surface area contributed by atoms with Crippen LogP contribution in [0.25, 0.3) is 5.69 Å². The summed E-state index contributed by atoms with van der Waals surface area (Å²) in [6, 6.07) is 15.0. The first kappa shape index (κ1) is 22.7. The molecule has 2 atom stereocenters. The van der Waals surface area contributed by atoms with Crippen LogP contribution in [-0.2, 0) is 9.59 Å². The number of nitrogens with zero attached hydrogens (tertiary/aromatic N) is 3. The van der Waals surface area contributed by atoms with E-state index in [1.165, 1.54) is 6.33 Å². The van der Waals surface area contributed by atoms with Gasteiger partial charge in [0.05, 0.1) is 12.2 Å². The molecule has 0 fully saturated rings. The zero-order valence-corrected chi connectivity index (χ0v) is 18.0. The number of aromatic nitrogens is 3. The Hall–Kier alpha value is -4.01. The molecule has 0 bridgehead atoms. The molecule has 3 amide bonds. The molecule has 0 aliphatic heterocycles. The van der Waals surface area contributed by atoms with Crippen molar-refractivity contribution in [2.75, 3.05) is 11.9 Å². The van der Waals surface area contributed by atoms with Crippen LogP contribution in [0.15, 0.2) is 67.3 Å². The van der Waals surface area contributed by atoms with Crippen molar-refractivity contribution in [3.8, 4) is 5.69 Å². The number of anilines is 1. The second-order valence-corrected chi connectivity index (χ2v) is 7.36. The van der Waals surface area contributed by atoms with Crippen molar-refractivity contribution in [2.45, 2.75) is 26.3 Å². The van der Waals surface area contributed by atoms with Crippen LogP contribution in [0.3, 0.4) is 0 Å². The minimum Gasteiger partial charge on any atom is -0.345 e. The normalized spacial score (nSPS) is 12.4. The third-order valence-corrected chi connectivity index (χ3v) is 5.08. The number of nitrogens with one attached hydrogen (secondary N) is 3. The number of hydrogen-bond acceptors (Lipinski definition) is 5. The van der Waals surface area contributed by atoms with E-state index in [4.69, 9.17) is 0 Å². The molecule has 3 rings (SSSR count). The van der Waals surface area contributed by atoms with Crippen molar-refractivity contribution in [1.82, 2.24) is 25.4 Å². The number of hydrogen-bond donors (Lipinski definition) is 3. The molecule has 0 spiro atoms. The van der Waals surface area contributed by atoms with Crippen LogP contribution in [0.4, 0.5) is 5.69 Å². The van der Waals surface area contributed by atoms with Crippen LogP contribution in [0, 0.1) is 5.92 Å². The van der Waals surface area contributed by atoms with Crippen LogP contribution in [-0.4, -0.2) is 45.1 Å². The highest BCUT2D eigenvalue weighted by atomic mass is 16.2. The van der Waals surface area contributed by atoms with Gasteiger partial charge in [0.2, 0.25) is 11.8 Å². The SMILES string of the molecule is CCC(C)C(NC(=O)c1ccccc1)C(=O)NCC(=O)Nc1ccc(-n2cncn2)cc1. The summed E-state index contributed by atoms with van der Waals surface area (Å²) in [5.41, 5.74) is 1.86. The van der Waals surface area contributed by atoms with Gasteiger partial charge in [-0.1, -0.05) is 38.5 Å². The fourth-order valence-electron chi connectivity index (χ4n) is 3.04. The van der Waals surface area contributed by atoms with Crippen molar-refractivity contribution in [3.05, 3.63) is 72.8 Å². The molecular formula is C23H26N6O3. The zero-order chi connectivity index (χ0) is 22.9. The second-order valence-electron chi connectivity index (χ2n) is 7.36. The van der Waals surface area contributed by atoms with Crippen LogP contribution in [0.1, 0.15) is 30.6 Å². The maximum Gasteiger partial charge on any atom is 0.251 e. The predicted octanol–water partition coefficient (Wildman–Crippen LogP) is 2.17. The molecular weight excluding hydrogens is 408 g/mol. The van der Waals surface area contributed by atoms with E-state index in [9.17, 15) is 14.4 Å². The average Bonchev–Trinajstić information content (AvgIpc) is 3.36. The smallest absolute Gasteiger partial charge is 0.251 e. The van der Waals surface area contributed by atoms with Crippen molar-refractivity contribution >= 4 is 23.4 Å². The molecule has 9 nitrogen and oxygen atoms in total. The molecule has 1 heterocycles. The van der Waals surface area contributed by atoms with Gasteiger partial charge in [0, 0.05) is 11.3 Å². The lowest BCUT2D eigenvalue weighted by Crippen LogP contribution is -2.51. The molecule has 0 aliphatic carbocycles. The monoisotopic (exact) mass is 434 g/mol. The lowest BCUT2D eigenvalue weighted by atomic mass is 9.98. The molecule has 2 aromatic carbocycles. The molecule has 0 saturated carbocycles. The van der Waals surface area contributed by atoms with Gasteiger partial charge in [-0.2, -0.15) is 5.10 Å². The Bertz CT molecular complexity index is 1040. The van der Waals surface area contributed by atoms with E-state index in [0.29, 0.717) is 17.7 Å². The molecule has 1 aromatic heterocycles. The van der Waals surface area contributed by atoms with Crippen molar-refractivity contribution < 1.29 is 14.4 Å². The predicted molar refractivity (Wildman–Crippen MR) is 120 cm³/mol. The van der Waals surface area contributed by atoms with Gasteiger partial charge in [0.1, 0.15) is 18.7 Å². The largest absolute Gasteiger partial charge is 0.345 e. The molecule has 166 valence electrons. The van der Waals surface area contributed by atoms with Gasteiger partial charge < -0.3 is 16.0 Å². The maximum atomic E-state index is 12.7. The molecule has 0 saturated heterocycles. The summed E-state index contributed by atoms with van der Waals surface area (Å²) in [5, 5.41) is 12.2. The van der Waals surface area contributed by atoms with E-state index < -0.39 is 11.9 Å². The number of rotatable bonds is 9. The minimum atomic E-state index is -0.748. The zero-order valence-electron chi connectivity index (χ0n) is 18.0. The molecule has 3 N–H and O–H groups in total. The quantitative estimate of drug-likeness (QED) is 0.477. The van der Waals surface area contributed by atoms with Gasteiger partial charge >= 0.3 is 0 Å². The number of carbonyl (C=O) groups excluding carboxylic acids is 3. The van der Waals surface area contributed by atoms with Crippen LogP contribution in [0.5, 0.6) is 0 Å². The lowest BCUT2D eigenvalue weighted by Gasteiger charge is -2.23. The summed E-state index contributed by atoms with van der Waals surface area (Å²) in [6.45, 7) is 3.61. The fourth-order valence-corrected chi connectivity index (χ4v) is 3.04. The van der Waals surface area contributed by atoms with E-state index in [-0.39, 0.29) is 24.3 Å². The highest BCUT2D eigenvalue weighted by molar-refractivity contribution is 5.99. The van der Waals surface area contributed by atoms with Gasteiger partial charge in [0.15, 0.2) is 0 Å². The summed E-state index contributed by atoms with van der Waals surface area (Å²) < 4.78 is 1.60. The van der Waals surface area contributed by atoms with Gasteiger partial charge in [0.25, 0.3) is 5.91 Å². The van der Waals surface area contributed by atoms with Crippen molar-refractivity contribution in [2.24, 2.45) is 5.92 Å². The van der Waals surface area contributed by atoms with E-state index in [1.54, 1.807) is 59.5 Å². The first-order chi connectivity index (χ1) is 15.5. The third kappa shape index (κ3) is 6.00. The van der Waals surface area contributed by atoms with E-state index in [2.05, 4.69) is 26.0 Å². The highest BCUT2D eigenvalue weighted by Gasteiger charge is 2.26. The molecule has 0 aliphatic rings. The summed E-state index contributed by atoms with van der Waals surface area (Å²) in [7, 11) is 0. The first-order valence-electron chi connectivity index (χ1n) is 10.4. The standard InChI is InChI=1S/C23H26N6O3/c1-3-16(2)21(28-22(31)17-7-5-4-6-8-17)23(32)25-13-20(30)27-18-9-11-19(12-10-18)29-15-24-14-26-29/h4-12,14-16,21H,3,13H2,1-2H3,(H,25,32)(H,27,30)(H,28,31). The Balaban J connectivity index is 1.54. The Morgan fingerprint density at radius 3 is 2.38 bits per heavy atom. The van der Waals surface area contributed by atoms with Gasteiger partial charge in [-0.25, -0.2) is 9.67 Å². The summed E-state index contributed by atoms with van der Waals surface area (Å²) in [4.78, 5) is 41.4. The molecule has 9 heteroatoms. The number of benzene rings is 2. The fraction of sp³-hybridized carbons (Fsp3) is 0.261. The molecule has 0 radical (unpaired) electrons.